The second-order valence-electron chi connectivity index (χ2n) is 6.28. The zero-order chi connectivity index (χ0) is 16.7. The molecule has 4 rings (SSSR count). The van der Waals surface area contributed by atoms with Crippen molar-refractivity contribution in [1.82, 2.24) is 19.7 Å². The number of aryl methyl sites for hydroxylation is 2. The average Bonchev–Trinajstić information content (AvgIpc) is 3.14. The van der Waals surface area contributed by atoms with Crippen molar-refractivity contribution < 1.29 is 4.74 Å². The Morgan fingerprint density at radius 3 is 3.04 bits per heavy atom. The van der Waals surface area contributed by atoms with E-state index in [1.165, 1.54) is 11.1 Å². The number of hydrogen-bond acceptors (Lipinski definition) is 5. The molecule has 3 aromatic rings. The van der Waals surface area contributed by atoms with Crippen LogP contribution in [0.25, 0.3) is 11.0 Å². The lowest BCUT2D eigenvalue weighted by Gasteiger charge is -2.09. The van der Waals surface area contributed by atoms with Crippen molar-refractivity contribution in [3.05, 3.63) is 41.3 Å². The van der Waals surface area contributed by atoms with Gasteiger partial charge in [0.05, 0.1) is 11.6 Å². The summed E-state index contributed by atoms with van der Waals surface area (Å²) in [6.45, 7) is 4.87. The number of aromatic nitrogens is 4. The molecule has 6 nitrogen and oxygen atoms in total. The molecule has 0 bridgehead atoms. The van der Waals surface area contributed by atoms with Crippen LogP contribution in [0.1, 0.15) is 30.8 Å². The van der Waals surface area contributed by atoms with Crippen LogP contribution in [0.2, 0.25) is 0 Å². The number of anilines is 1. The summed E-state index contributed by atoms with van der Waals surface area (Å²) in [6, 6.07) is 6.38. The normalized spacial score (nSPS) is 16.2. The van der Waals surface area contributed by atoms with Crippen LogP contribution in [0.5, 0.6) is 5.75 Å². The SMILES string of the molecule is CCc1nc(NCc2ccc3c(c2)CC(C)O3)c2cnn(C)c2n1. The van der Waals surface area contributed by atoms with Gasteiger partial charge in [0, 0.05) is 26.4 Å². The first kappa shape index (κ1) is 14.9. The minimum Gasteiger partial charge on any atom is -0.490 e. The molecule has 0 saturated carbocycles. The standard InChI is InChI=1S/C18H21N5O/c1-4-16-21-17(14-10-20-23(3)18(14)22-16)19-9-12-5-6-15-13(8-12)7-11(2)24-15/h5-6,8,10-11H,4,7,9H2,1-3H3,(H,19,21,22). The van der Waals surface area contributed by atoms with E-state index < -0.39 is 0 Å². The van der Waals surface area contributed by atoms with Gasteiger partial charge in [0.2, 0.25) is 0 Å². The van der Waals surface area contributed by atoms with Crippen LogP contribution in [0.3, 0.4) is 0 Å². The quantitative estimate of drug-likeness (QED) is 0.800. The van der Waals surface area contributed by atoms with Crippen LogP contribution < -0.4 is 10.1 Å². The molecule has 1 aliphatic heterocycles. The molecule has 0 spiro atoms. The number of nitrogens with one attached hydrogen (secondary N) is 1. The van der Waals surface area contributed by atoms with Gasteiger partial charge in [-0.2, -0.15) is 5.10 Å². The van der Waals surface area contributed by atoms with E-state index in [0.29, 0.717) is 6.54 Å². The predicted octanol–water partition coefficient (Wildman–Crippen LogP) is 2.86. The highest BCUT2D eigenvalue weighted by Crippen LogP contribution is 2.29. The molecule has 0 amide bonds. The van der Waals surface area contributed by atoms with E-state index in [1.807, 2.05) is 13.2 Å². The van der Waals surface area contributed by atoms with Gasteiger partial charge in [-0.3, -0.25) is 4.68 Å². The summed E-state index contributed by atoms with van der Waals surface area (Å²) in [5.74, 6) is 2.68. The Kier molecular flexibility index (Phi) is 3.59. The Balaban J connectivity index is 1.60. The van der Waals surface area contributed by atoms with Crippen molar-refractivity contribution >= 4 is 16.9 Å². The molecule has 6 heteroatoms. The number of ether oxygens (including phenoxy) is 1. The first-order valence-corrected chi connectivity index (χ1v) is 8.35. The third kappa shape index (κ3) is 2.58. The second kappa shape index (κ2) is 5.78. The Morgan fingerprint density at radius 1 is 1.33 bits per heavy atom. The summed E-state index contributed by atoms with van der Waals surface area (Å²) >= 11 is 0. The first-order chi connectivity index (χ1) is 11.6. The van der Waals surface area contributed by atoms with Crippen molar-refractivity contribution in [2.45, 2.75) is 39.3 Å². The highest BCUT2D eigenvalue weighted by Gasteiger charge is 2.19. The van der Waals surface area contributed by atoms with Gasteiger partial charge >= 0.3 is 0 Å². The number of nitrogens with zero attached hydrogens (tertiary/aromatic N) is 4. The van der Waals surface area contributed by atoms with Gasteiger partial charge in [-0.25, -0.2) is 9.97 Å². The van der Waals surface area contributed by atoms with E-state index in [0.717, 1.165) is 41.3 Å². The molecule has 24 heavy (non-hydrogen) atoms. The smallest absolute Gasteiger partial charge is 0.163 e. The van der Waals surface area contributed by atoms with Gasteiger partial charge in [0.1, 0.15) is 23.5 Å². The number of fused-ring (bicyclic) bond motifs is 2. The van der Waals surface area contributed by atoms with Gasteiger partial charge in [-0.05, 0) is 24.1 Å². The lowest BCUT2D eigenvalue weighted by Crippen LogP contribution is -2.06. The molecule has 0 fully saturated rings. The van der Waals surface area contributed by atoms with E-state index in [4.69, 9.17) is 4.74 Å². The molecule has 1 unspecified atom stereocenters. The topological polar surface area (TPSA) is 64.9 Å². The van der Waals surface area contributed by atoms with E-state index in [-0.39, 0.29) is 6.10 Å². The molecule has 1 aliphatic rings. The summed E-state index contributed by atoms with van der Waals surface area (Å²) in [6.07, 6.45) is 3.86. The summed E-state index contributed by atoms with van der Waals surface area (Å²) < 4.78 is 7.55. The maximum absolute atomic E-state index is 5.76. The zero-order valence-electron chi connectivity index (χ0n) is 14.2. The molecule has 3 heterocycles. The summed E-state index contributed by atoms with van der Waals surface area (Å²) in [5.41, 5.74) is 3.37. The number of hydrogen-bond donors (Lipinski definition) is 1. The molecule has 1 N–H and O–H groups in total. The monoisotopic (exact) mass is 323 g/mol. The van der Waals surface area contributed by atoms with Crippen LogP contribution in [-0.2, 0) is 26.4 Å². The summed E-state index contributed by atoms with van der Waals surface area (Å²) in [5, 5.41) is 8.70. The van der Waals surface area contributed by atoms with Crippen LogP contribution in [-0.4, -0.2) is 25.9 Å². The minimum absolute atomic E-state index is 0.271. The van der Waals surface area contributed by atoms with Crippen molar-refractivity contribution in [3.63, 3.8) is 0 Å². The molecule has 1 aromatic carbocycles. The van der Waals surface area contributed by atoms with E-state index in [1.54, 1.807) is 4.68 Å². The van der Waals surface area contributed by atoms with Crippen LogP contribution in [0.15, 0.2) is 24.4 Å². The van der Waals surface area contributed by atoms with Gasteiger partial charge in [0.25, 0.3) is 0 Å². The molecular weight excluding hydrogens is 302 g/mol. The van der Waals surface area contributed by atoms with Crippen LogP contribution in [0, 0.1) is 0 Å². The fourth-order valence-corrected chi connectivity index (χ4v) is 3.13. The van der Waals surface area contributed by atoms with Crippen molar-refractivity contribution in [2.75, 3.05) is 5.32 Å². The van der Waals surface area contributed by atoms with Gasteiger partial charge < -0.3 is 10.1 Å². The highest BCUT2D eigenvalue weighted by atomic mass is 16.5. The van der Waals surface area contributed by atoms with Gasteiger partial charge in [-0.15, -0.1) is 0 Å². The van der Waals surface area contributed by atoms with Gasteiger partial charge in [0.15, 0.2) is 5.65 Å². The Labute approximate surface area is 140 Å². The Bertz CT molecular complexity index is 902. The third-order valence-electron chi connectivity index (χ3n) is 4.38. The maximum atomic E-state index is 5.76. The van der Waals surface area contributed by atoms with Crippen LogP contribution in [0.4, 0.5) is 5.82 Å². The number of rotatable bonds is 4. The summed E-state index contributed by atoms with van der Waals surface area (Å²) in [4.78, 5) is 9.19. The average molecular weight is 323 g/mol. The fourth-order valence-electron chi connectivity index (χ4n) is 3.13. The molecule has 124 valence electrons. The van der Waals surface area contributed by atoms with Crippen molar-refractivity contribution in [1.29, 1.82) is 0 Å². The second-order valence-corrected chi connectivity index (χ2v) is 6.28. The maximum Gasteiger partial charge on any atom is 0.163 e. The molecule has 0 aliphatic carbocycles. The van der Waals surface area contributed by atoms with Gasteiger partial charge in [-0.1, -0.05) is 19.1 Å². The minimum atomic E-state index is 0.271. The Hall–Kier alpha value is -2.63. The number of benzene rings is 1. The molecular formula is C18H21N5O. The lowest BCUT2D eigenvalue weighted by molar-refractivity contribution is 0.254. The highest BCUT2D eigenvalue weighted by molar-refractivity contribution is 5.86. The molecule has 0 saturated heterocycles. The van der Waals surface area contributed by atoms with Crippen LogP contribution >= 0.6 is 0 Å². The zero-order valence-corrected chi connectivity index (χ0v) is 14.2. The first-order valence-electron chi connectivity index (χ1n) is 8.35. The largest absolute Gasteiger partial charge is 0.490 e. The van der Waals surface area contributed by atoms with E-state index >= 15 is 0 Å². The Morgan fingerprint density at radius 2 is 2.21 bits per heavy atom. The lowest BCUT2D eigenvalue weighted by atomic mass is 10.1. The molecule has 2 aromatic heterocycles. The molecule has 0 radical (unpaired) electrons. The fraction of sp³-hybridized carbons (Fsp3) is 0.389. The predicted molar refractivity (Wildman–Crippen MR) is 93.2 cm³/mol. The summed E-state index contributed by atoms with van der Waals surface area (Å²) in [7, 11) is 1.90. The van der Waals surface area contributed by atoms with E-state index in [9.17, 15) is 0 Å². The van der Waals surface area contributed by atoms with Crippen molar-refractivity contribution in [3.8, 4) is 5.75 Å². The van der Waals surface area contributed by atoms with E-state index in [2.05, 4.69) is 52.4 Å². The third-order valence-corrected chi connectivity index (χ3v) is 4.38. The molecule has 1 atom stereocenters. The van der Waals surface area contributed by atoms with Crippen molar-refractivity contribution in [2.24, 2.45) is 7.05 Å².